The van der Waals surface area contributed by atoms with Crippen LogP contribution >= 0.6 is 24.0 Å². The molecule has 1 fully saturated rings. The Labute approximate surface area is 167 Å². The second kappa shape index (κ2) is 11.4. The highest BCUT2D eigenvalue weighted by molar-refractivity contribution is 14.0. The van der Waals surface area contributed by atoms with Crippen LogP contribution < -0.4 is 20.5 Å². The van der Waals surface area contributed by atoms with Crippen molar-refractivity contribution in [3.8, 4) is 11.5 Å². The lowest BCUT2D eigenvalue weighted by Crippen LogP contribution is -2.40. The summed E-state index contributed by atoms with van der Waals surface area (Å²) < 4.78 is 16.7. The molecule has 0 heterocycles. The van der Waals surface area contributed by atoms with Gasteiger partial charge in [-0.1, -0.05) is 12.1 Å². The summed E-state index contributed by atoms with van der Waals surface area (Å²) in [4.78, 5) is 4.42. The molecule has 0 spiro atoms. The molecule has 1 aliphatic carbocycles. The number of ether oxygens (including phenoxy) is 3. The molecule has 0 amide bonds. The van der Waals surface area contributed by atoms with Gasteiger partial charge in [0.2, 0.25) is 0 Å². The molecular weight excluding hydrogens is 433 g/mol. The maximum absolute atomic E-state index is 6.20. The first-order chi connectivity index (χ1) is 11.6. The number of methoxy groups -OCH3 is 2. The first-order valence-corrected chi connectivity index (χ1v) is 8.52. The zero-order valence-electron chi connectivity index (χ0n) is 15.3. The number of hydrogen-bond acceptors (Lipinski definition) is 4. The summed E-state index contributed by atoms with van der Waals surface area (Å²) in [5.74, 6) is 1.93. The van der Waals surface area contributed by atoms with Gasteiger partial charge in [0, 0.05) is 18.7 Å². The summed E-state index contributed by atoms with van der Waals surface area (Å²) in [7, 11) is 3.32. The van der Waals surface area contributed by atoms with E-state index in [1.165, 1.54) is 12.8 Å². The Kier molecular flexibility index (Phi) is 9.96. The predicted octanol–water partition coefficient (Wildman–Crippen LogP) is 3.07. The molecule has 1 atom stereocenters. The highest BCUT2D eigenvalue weighted by Gasteiger charge is 2.20. The zero-order chi connectivity index (χ0) is 17.4. The van der Waals surface area contributed by atoms with Crippen LogP contribution in [-0.2, 0) is 11.3 Å². The SMILES string of the molecule is COCC(C)NC(N)=NCc1cccc(OC)c1OC1CCCC1.I. The van der Waals surface area contributed by atoms with Crippen LogP contribution in [0.15, 0.2) is 23.2 Å². The van der Waals surface area contributed by atoms with E-state index in [0.717, 1.165) is 29.9 Å². The fourth-order valence-corrected chi connectivity index (χ4v) is 2.91. The van der Waals surface area contributed by atoms with Gasteiger partial charge in [-0.3, -0.25) is 0 Å². The fraction of sp³-hybridized carbons (Fsp3) is 0.611. The summed E-state index contributed by atoms with van der Waals surface area (Å²) in [6, 6.07) is 5.97. The number of nitrogens with two attached hydrogens (primary N) is 1. The van der Waals surface area contributed by atoms with Gasteiger partial charge in [-0.05, 0) is 38.7 Å². The molecule has 0 aromatic heterocycles. The Morgan fingerprint density at radius 1 is 1.32 bits per heavy atom. The van der Waals surface area contributed by atoms with Gasteiger partial charge in [-0.25, -0.2) is 4.99 Å². The van der Waals surface area contributed by atoms with Crippen LogP contribution in [0.2, 0.25) is 0 Å². The largest absolute Gasteiger partial charge is 0.493 e. The van der Waals surface area contributed by atoms with Crippen molar-refractivity contribution in [3.05, 3.63) is 23.8 Å². The number of para-hydroxylation sites is 1. The van der Waals surface area contributed by atoms with Crippen LogP contribution in [-0.4, -0.2) is 38.9 Å². The number of rotatable bonds is 8. The van der Waals surface area contributed by atoms with Crippen LogP contribution in [0.25, 0.3) is 0 Å². The van der Waals surface area contributed by atoms with Crippen molar-refractivity contribution in [3.63, 3.8) is 0 Å². The van der Waals surface area contributed by atoms with Crippen molar-refractivity contribution < 1.29 is 14.2 Å². The smallest absolute Gasteiger partial charge is 0.189 e. The lowest BCUT2D eigenvalue weighted by molar-refractivity contribution is 0.179. The lowest BCUT2D eigenvalue weighted by atomic mass is 10.1. The van der Waals surface area contributed by atoms with Crippen molar-refractivity contribution in [2.45, 2.75) is 51.3 Å². The second-order valence-corrected chi connectivity index (χ2v) is 6.18. The summed E-state index contributed by atoms with van der Waals surface area (Å²) in [6.07, 6.45) is 4.90. The third-order valence-corrected chi connectivity index (χ3v) is 4.10. The molecule has 1 saturated carbocycles. The first kappa shape index (κ1) is 21.8. The van der Waals surface area contributed by atoms with E-state index in [9.17, 15) is 0 Å². The average molecular weight is 463 g/mol. The van der Waals surface area contributed by atoms with Gasteiger partial charge in [0.15, 0.2) is 17.5 Å². The van der Waals surface area contributed by atoms with Crippen molar-refractivity contribution in [1.29, 1.82) is 0 Å². The first-order valence-electron chi connectivity index (χ1n) is 8.52. The minimum atomic E-state index is 0. The van der Waals surface area contributed by atoms with E-state index in [1.807, 2.05) is 25.1 Å². The third-order valence-electron chi connectivity index (χ3n) is 4.10. The molecule has 1 aromatic rings. The molecular formula is C18H30IN3O3. The predicted molar refractivity (Wildman–Crippen MR) is 111 cm³/mol. The van der Waals surface area contributed by atoms with E-state index in [4.69, 9.17) is 19.9 Å². The number of nitrogens with one attached hydrogen (secondary N) is 1. The molecule has 6 nitrogen and oxygen atoms in total. The third kappa shape index (κ3) is 6.89. The number of guanidine groups is 1. The second-order valence-electron chi connectivity index (χ2n) is 6.18. The monoisotopic (exact) mass is 463 g/mol. The molecule has 1 aliphatic rings. The maximum atomic E-state index is 6.20. The van der Waals surface area contributed by atoms with Crippen LogP contribution in [0.1, 0.15) is 38.2 Å². The summed E-state index contributed by atoms with van der Waals surface area (Å²) in [5.41, 5.74) is 6.93. The van der Waals surface area contributed by atoms with E-state index in [1.54, 1.807) is 14.2 Å². The molecule has 0 radical (unpaired) electrons. The lowest BCUT2D eigenvalue weighted by Gasteiger charge is -2.19. The molecule has 0 saturated heterocycles. The quantitative estimate of drug-likeness (QED) is 0.352. The Bertz CT molecular complexity index is 548. The van der Waals surface area contributed by atoms with Crippen molar-refractivity contribution in [1.82, 2.24) is 5.32 Å². The van der Waals surface area contributed by atoms with Gasteiger partial charge in [0.25, 0.3) is 0 Å². The van der Waals surface area contributed by atoms with Crippen molar-refractivity contribution >= 4 is 29.9 Å². The number of nitrogens with zero attached hydrogens (tertiary/aromatic N) is 1. The molecule has 1 unspecified atom stereocenters. The number of hydrogen-bond donors (Lipinski definition) is 2. The van der Waals surface area contributed by atoms with Gasteiger partial charge >= 0.3 is 0 Å². The van der Waals surface area contributed by atoms with Crippen LogP contribution in [0.5, 0.6) is 11.5 Å². The Morgan fingerprint density at radius 3 is 2.68 bits per heavy atom. The zero-order valence-corrected chi connectivity index (χ0v) is 17.6. The summed E-state index contributed by atoms with van der Waals surface area (Å²) in [5, 5.41) is 3.10. The van der Waals surface area contributed by atoms with Crippen LogP contribution in [0, 0.1) is 0 Å². The minimum absolute atomic E-state index is 0. The van der Waals surface area contributed by atoms with E-state index < -0.39 is 0 Å². The number of halogens is 1. The standard InChI is InChI=1S/C18H29N3O3.HI/c1-13(12-22-2)21-18(19)20-11-14-7-6-10-16(23-3)17(14)24-15-8-4-5-9-15;/h6-7,10,13,15H,4-5,8-9,11-12H2,1-3H3,(H3,19,20,21);1H. The van der Waals surface area contributed by atoms with Gasteiger partial charge in [0.1, 0.15) is 0 Å². The van der Waals surface area contributed by atoms with Gasteiger partial charge in [-0.2, -0.15) is 0 Å². The molecule has 1 aromatic carbocycles. The molecule has 142 valence electrons. The summed E-state index contributed by atoms with van der Waals surface area (Å²) in [6.45, 7) is 3.01. The summed E-state index contributed by atoms with van der Waals surface area (Å²) >= 11 is 0. The molecule has 7 heteroatoms. The maximum Gasteiger partial charge on any atom is 0.189 e. The van der Waals surface area contributed by atoms with Crippen molar-refractivity contribution in [2.24, 2.45) is 10.7 Å². The van der Waals surface area contributed by atoms with Crippen molar-refractivity contribution in [2.75, 3.05) is 20.8 Å². The van der Waals surface area contributed by atoms with Gasteiger partial charge in [0.05, 0.1) is 26.4 Å². The normalized spacial score (nSPS) is 16.2. The number of aliphatic imine (C=N–C) groups is 1. The minimum Gasteiger partial charge on any atom is -0.493 e. The molecule has 25 heavy (non-hydrogen) atoms. The van der Waals surface area contributed by atoms with Crippen LogP contribution in [0.4, 0.5) is 0 Å². The van der Waals surface area contributed by atoms with Gasteiger partial charge < -0.3 is 25.3 Å². The highest BCUT2D eigenvalue weighted by Crippen LogP contribution is 2.35. The van der Waals surface area contributed by atoms with E-state index in [2.05, 4.69) is 10.3 Å². The Hall–Kier alpha value is -1.22. The average Bonchev–Trinajstić information content (AvgIpc) is 3.07. The molecule has 0 aliphatic heterocycles. The molecule has 3 N–H and O–H groups in total. The Balaban J connectivity index is 0.00000312. The van der Waals surface area contributed by atoms with Crippen LogP contribution in [0.3, 0.4) is 0 Å². The molecule has 0 bridgehead atoms. The highest BCUT2D eigenvalue weighted by atomic mass is 127. The fourth-order valence-electron chi connectivity index (χ4n) is 2.91. The Morgan fingerprint density at radius 2 is 2.04 bits per heavy atom. The molecule has 2 rings (SSSR count). The topological polar surface area (TPSA) is 78.1 Å². The van der Waals surface area contributed by atoms with E-state index in [-0.39, 0.29) is 36.1 Å². The number of benzene rings is 1. The van der Waals surface area contributed by atoms with E-state index in [0.29, 0.717) is 19.1 Å². The van der Waals surface area contributed by atoms with Gasteiger partial charge in [-0.15, -0.1) is 24.0 Å². The van der Waals surface area contributed by atoms with E-state index >= 15 is 0 Å².